The number of amides is 1. The third-order valence-electron chi connectivity index (χ3n) is 2.81. The smallest absolute Gasteiger partial charge is 0.277 e. The Bertz CT molecular complexity index is 694. The highest BCUT2D eigenvalue weighted by Crippen LogP contribution is 2.09. The first-order valence-corrected chi connectivity index (χ1v) is 6.05. The van der Waals surface area contributed by atoms with Gasteiger partial charge in [0.15, 0.2) is 11.5 Å². The first kappa shape index (κ1) is 11.5. The molecule has 0 aliphatic heterocycles. The average Bonchev–Trinajstić information content (AvgIpc) is 3.04. The van der Waals surface area contributed by atoms with Gasteiger partial charge in [0.1, 0.15) is 0 Å². The zero-order valence-corrected chi connectivity index (χ0v) is 10.4. The Morgan fingerprint density at radius 2 is 2.16 bits per heavy atom. The van der Waals surface area contributed by atoms with E-state index in [2.05, 4.69) is 15.5 Å². The lowest BCUT2D eigenvalue weighted by Gasteiger charge is -1.98. The van der Waals surface area contributed by atoms with Crippen molar-refractivity contribution < 1.29 is 4.79 Å². The Kier molecular flexibility index (Phi) is 2.75. The lowest BCUT2D eigenvalue weighted by Crippen LogP contribution is -2.13. The molecule has 3 rings (SSSR count). The van der Waals surface area contributed by atoms with Crippen molar-refractivity contribution in [1.29, 1.82) is 0 Å². The lowest BCUT2D eigenvalue weighted by atomic mass is 10.3. The van der Waals surface area contributed by atoms with E-state index in [1.54, 1.807) is 27.5 Å². The summed E-state index contributed by atoms with van der Waals surface area (Å²) in [6, 6.07) is 9.17. The van der Waals surface area contributed by atoms with Gasteiger partial charge in [-0.05, 0) is 25.1 Å². The van der Waals surface area contributed by atoms with Crippen LogP contribution in [0.1, 0.15) is 17.4 Å². The fourth-order valence-electron chi connectivity index (χ4n) is 1.83. The number of aromatic nitrogens is 4. The number of hydrogen-bond donors (Lipinski definition) is 1. The van der Waals surface area contributed by atoms with Crippen LogP contribution in [0.3, 0.4) is 0 Å². The second-order valence-corrected chi connectivity index (χ2v) is 4.11. The Labute approximate surface area is 109 Å². The van der Waals surface area contributed by atoms with Crippen molar-refractivity contribution in [2.24, 2.45) is 0 Å². The van der Waals surface area contributed by atoms with Crippen LogP contribution in [0.5, 0.6) is 0 Å². The predicted molar refractivity (Wildman–Crippen MR) is 71.0 cm³/mol. The molecule has 0 atom stereocenters. The largest absolute Gasteiger partial charge is 0.304 e. The van der Waals surface area contributed by atoms with Crippen LogP contribution in [-0.4, -0.2) is 25.3 Å². The summed E-state index contributed by atoms with van der Waals surface area (Å²) in [6.07, 6.45) is 3.62. The zero-order chi connectivity index (χ0) is 13.2. The maximum absolute atomic E-state index is 12.0. The number of rotatable bonds is 3. The summed E-state index contributed by atoms with van der Waals surface area (Å²) in [5, 5.41) is 11.1. The molecule has 0 aromatic carbocycles. The molecule has 0 spiro atoms. The van der Waals surface area contributed by atoms with Gasteiger partial charge in [-0.2, -0.15) is 10.2 Å². The highest BCUT2D eigenvalue weighted by molar-refractivity contribution is 6.03. The number of aryl methyl sites for hydroxylation is 1. The molecule has 19 heavy (non-hydrogen) atoms. The van der Waals surface area contributed by atoms with Gasteiger partial charge in [-0.3, -0.25) is 9.48 Å². The van der Waals surface area contributed by atoms with Crippen LogP contribution in [0, 0.1) is 0 Å². The molecular formula is C13H13N5O. The Morgan fingerprint density at radius 1 is 1.26 bits per heavy atom. The van der Waals surface area contributed by atoms with Crippen LogP contribution in [0.2, 0.25) is 0 Å². The van der Waals surface area contributed by atoms with Gasteiger partial charge in [0, 0.05) is 25.0 Å². The summed E-state index contributed by atoms with van der Waals surface area (Å²) >= 11 is 0. The van der Waals surface area contributed by atoms with E-state index in [0.29, 0.717) is 11.5 Å². The van der Waals surface area contributed by atoms with Gasteiger partial charge in [-0.15, -0.1) is 0 Å². The second kappa shape index (κ2) is 4.56. The molecule has 0 fully saturated rings. The van der Waals surface area contributed by atoms with E-state index in [0.717, 1.165) is 12.1 Å². The highest BCUT2D eigenvalue weighted by atomic mass is 16.2. The Morgan fingerprint density at radius 3 is 2.89 bits per heavy atom. The highest BCUT2D eigenvalue weighted by Gasteiger charge is 2.11. The van der Waals surface area contributed by atoms with Crippen molar-refractivity contribution in [2.45, 2.75) is 13.5 Å². The monoisotopic (exact) mass is 255 g/mol. The summed E-state index contributed by atoms with van der Waals surface area (Å²) in [4.78, 5) is 12.0. The first-order valence-electron chi connectivity index (χ1n) is 6.05. The van der Waals surface area contributed by atoms with Gasteiger partial charge in [0.05, 0.1) is 5.52 Å². The van der Waals surface area contributed by atoms with Gasteiger partial charge in [0.25, 0.3) is 5.91 Å². The Hall–Kier alpha value is -2.63. The molecule has 96 valence electrons. The number of carbonyl (C=O) groups excluding carboxylic acids is 1. The van der Waals surface area contributed by atoms with E-state index >= 15 is 0 Å². The third-order valence-corrected chi connectivity index (χ3v) is 2.81. The molecule has 0 aliphatic rings. The molecule has 0 saturated heterocycles. The minimum Gasteiger partial charge on any atom is -0.304 e. The summed E-state index contributed by atoms with van der Waals surface area (Å²) in [7, 11) is 0. The minimum absolute atomic E-state index is 0.259. The van der Waals surface area contributed by atoms with Crippen molar-refractivity contribution in [2.75, 3.05) is 5.32 Å². The molecule has 1 amide bonds. The quantitative estimate of drug-likeness (QED) is 0.776. The van der Waals surface area contributed by atoms with Crippen LogP contribution < -0.4 is 5.32 Å². The van der Waals surface area contributed by atoms with Crippen LogP contribution in [0.4, 0.5) is 5.82 Å². The van der Waals surface area contributed by atoms with Gasteiger partial charge in [0.2, 0.25) is 0 Å². The number of nitrogens with one attached hydrogen (secondary N) is 1. The third kappa shape index (κ3) is 2.20. The molecule has 0 unspecified atom stereocenters. The van der Waals surface area contributed by atoms with Crippen LogP contribution >= 0.6 is 0 Å². The number of nitrogens with zero attached hydrogens (tertiary/aromatic N) is 4. The average molecular weight is 255 g/mol. The van der Waals surface area contributed by atoms with Gasteiger partial charge in [-0.25, -0.2) is 4.52 Å². The molecular weight excluding hydrogens is 242 g/mol. The summed E-state index contributed by atoms with van der Waals surface area (Å²) < 4.78 is 3.42. The van der Waals surface area contributed by atoms with Crippen molar-refractivity contribution in [3.63, 3.8) is 0 Å². The summed E-state index contributed by atoms with van der Waals surface area (Å²) in [5.41, 5.74) is 1.25. The summed E-state index contributed by atoms with van der Waals surface area (Å²) in [5.74, 6) is 0.272. The minimum atomic E-state index is -0.259. The number of anilines is 1. The maximum atomic E-state index is 12.0. The van der Waals surface area contributed by atoms with E-state index in [1.165, 1.54) is 0 Å². The zero-order valence-electron chi connectivity index (χ0n) is 10.4. The van der Waals surface area contributed by atoms with Crippen LogP contribution in [0.15, 0.2) is 42.7 Å². The first-order chi connectivity index (χ1) is 9.26. The number of pyridine rings is 1. The fourth-order valence-corrected chi connectivity index (χ4v) is 1.83. The molecule has 3 aromatic rings. The molecule has 0 bridgehead atoms. The predicted octanol–water partition coefficient (Wildman–Crippen LogP) is 1.80. The van der Waals surface area contributed by atoms with E-state index in [9.17, 15) is 4.79 Å². The molecule has 3 aromatic heterocycles. The van der Waals surface area contributed by atoms with E-state index < -0.39 is 0 Å². The Balaban J connectivity index is 1.83. The van der Waals surface area contributed by atoms with E-state index in [1.807, 2.05) is 31.3 Å². The lowest BCUT2D eigenvalue weighted by molar-refractivity contribution is 0.102. The molecule has 0 radical (unpaired) electrons. The summed E-state index contributed by atoms with van der Waals surface area (Å²) in [6.45, 7) is 2.75. The van der Waals surface area contributed by atoms with E-state index in [4.69, 9.17) is 0 Å². The maximum Gasteiger partial charge on any atom is 0.277 e. The van der Waals surface area contributed by atoms with Crippen LogP contribution in [-0.2, 0) is 6.54 Å². The molecule has 6 heteroatoms. The molecule has 0 saturated carbocycles. The fraction of sp³-hybridized carbons (Fsp3) is 0.154. The normalized spacial score (nSPS) is 10.8. The molecule has 0 aliphatic carbocycles. The van der Waals surface area contributed by atoms with Gasteiger partial charge < -0.3 is 5.32 Å². The SMILES string of the molecule is CCn1ccc(NC(=O)c2cc3ccccn3n2)n1. The van der Waals surface area contributed by atoms with Crippen molar-refractivity contribution in [1.82, 2.24) is 19.4 Å². The number of fused-ring (bicyclic) bond motifs is 1. The number of carbonyl (C=O) groups is 1. The standard InChI is InChI=1S/C13H13N5O/c1-2-17-8-6-12(16-17)14-13(19)11-9-10-5-3-4-7-18(10)15-11/h3-9H,2H2,1H3,(H,14,16,19). The molecule has 6 nitrogen and oxygen atoms in total. The van der Waals surface area contributed by atoms with Crippen LogP contribution in [0.25, 0.3) is 5.52 Å². The molecule has 1 N–H and O–H groups in total. The van der Waals surface area contributed by atoms with Crippen molar-refractivity contribution >= 4 is 17.2 Å². The topological polar surface area (TPSA) is 64.2 Å². The van der Waals surface area contributed by atoms with E-state index in [-0.39, 0.29) is 5.91 Å². The van der Waals surface area contributed by atoms with Crippen molar-refractivity contribution in [3.05, 3.63) is 48.4 Å². The second-order valence-electron chi connectivity index (χ2n) is 4.11. The number of hydrogen-bond acceptors (Lipinski definition) is 3. The van der Waals surface area contributed by atoms with Gasteiger partial charge >= 0.3 is 0 Å². The van der Waals surface area contributed by atoms with Gasteiger partial charge in [-0.1, -0.05) is 6.07 Å². The molecule has 3 heterocycles. The van der Waals surface area contributed by atoms with Crippen molar-refractivity contribution in [3.8, 4) is 0 Å².